The second-order valence-electron chi connectivity index (χ2n) is 4.63. The first-order valence-electron chi connectivity index (χ1n) is 5.71. The molecule has 0 aromatic carbocycles. The quantitative estimate of drug-likeness (QED) is 0.623. The zero-order valence-electron chi connectivity index (χ0n) is 9.81. The topological polar surface area (TPSA) is 109 Å². The van der Waals surface area contributed by atoms with E-state index in [4.69, 9.17) is 10.8 Å². The summed E-state index contributed by atoms with van der Waals surface area (Å²) < 4.78 is 0. The zero-order valence-corrected chi connectivity index (χ0v) is 9.81. The highest BCUT2D eigenvalue weighted by molar-refractivity contribution is 5.82. The van der Waals surface area contributed by atoms with Crippen LogP contribution in [-0.2, 0) is 14.4 Å². The molecular weight excluding hydrogens is 224 g/mol. The molecule has 6 heteroatoms. The summed E-state index contributed by atoms with van der Waals surface area (Å²) in [5.74, 6) is -2.16. The third kappa shape index (κ3) is 4.05. The Bertz CT molecular complexity index is 329. The van der Waals surface area contributed by atoms with Crippen molar-refractivity contribution in [3.63, 3.8) is 0 Å². The molecule has 0 bridgehead atoms. The van der Waals surface area contributed by atoms with Crippen LogP contribution in [0.25, 0.3) is 0 Å². The minimum Gasteiger partial charge on any atom is -0.481 e. The molecule has 2 amide bonds. The van der Waals surface area contributed by atoms with Crippen molar-refractivity contribution in [2.75, 3.05) is 0 Å². The van der Waals surface area contributed by atoms with Crippen molar-refractivity contribution in [3.8, 4) is 0 Å². The average molecular weight is 242 g/mol. The monoisotopic (exact) mass is 242 g/mol. The van der Waals surface area contributed by atoms with E-state index in [2.05, 4.69) is 5.32 Å². The van der Waals surface area contributed by atoms with Crippen molar-refractivity contribution in [2.24, 2.45) is 17.6 Å². The Labute approximate surface area is 99.6 Å². The van der Waals surface area contributed by atoms with Gasteiger partial charge >= 0.3 is 5.97 Å². The van der Waals surface area contributed by atoms with Crippen LogP contribution < -0.4 is 11.1 Å². The van der Waals surface area contributed by atoms with E-state index in [0.29, 0.717) is 19.3 Å². The highest BCUT2D eigenvalue weighted by Crippen LogP contribution is 2.31. The number of carboxylic acid groups (broad SMARTS) is 1. The highest BCUT2D eigenvalue weighted by Gasteiger charge is 2.34. The standard InChI is InChI=1S/C11H18N2O4/c1-6(4-9(12)14)13-10(15)7-2-3-8(5-7)11(16)17/h6-8H,2-5H2,1H3,(H2,12,14)(H,13,15)(H,16,17)/t6?,7-,8+/m1/s1. The summed E-state index contributed by atoms with van der Waals surface area (Å²) >= 11 is 0. The van der Waals surface area contributed by atoms with Crippen molar-refractivity contribution < 1.29 is 19.5 Å². The molecule has 1 unspecified atom stereocenters. The Kier molecular flexibility index (Phi) is 4.48. The molecule has 0 saturated heterocycles. The first-order chi connectivity index (χ1) is 7.90. The number of aliphatic carboxylic acids is 1. The van der Waals surface area contributed by atoms with E-state index >= 15 is 0 Å². The predicted molar refractivity (Wildman–Crippen MR) is 59.9 cm³/mol. The third-order valence-corrected chi connectivity index (χ3v) is 3.05. The zero-order chi connectivity index (χ0) is 13.0. The lowest BCUT2D eigenvalue weighted by Crippen LogP contribution is -2.38. The average Bonchev–Trinajstić information content (AvgIpc) is 2.64. The van der Waals surface area contributed by atoms with Crippen molar-refractivity contribution in [1.29, 1.82) is 0 Å². The normalized spacial score (nSPS) is 25.2. The maximum atomic E-state index is 11.7. The van der Waals surface area contributed by atoms with Gasteiger partial charge in [0.1, 0.15) is 0 Å². The highest BCUT2D eigenvalue weighted by atomic mass is 16.4. The van der Waals surface area contributed by atoms with E-state index in [1.807, 2.05) is 0 Å². The summed E-state index contributed by atoms with van der Waals surface area (Å²) in [5, 5.41) is 11.5. The Balaban J connectivity index is 2.39. The summed E-state index contributed by atoms with van der Waals surface area (Å²) in [4.78, 5) is 33.1. The fourth-order valence-corrected chi connectivity index (χ4v) is 2.16. The Morgan fingerprint density at radius 3 is 2.41 bits per heavy atom. The number of hydrogen-bond acceptors (Lipinski definition) is 3. The van der Waals surface area contributed by atoms with Crippen molar-refractivity contribution in [3.05, 3.63) is 0 Å². The van der Waals surface area contributed by atoms with Crippen molar-refractivity contribution in [1.82, 2.24) is 5.32 Å². The second-order valence-corrected chi connectivity index (χ2v) is 4.63. The maximum absolute atomic E-state index is 11.7. The van der Waals surface area contributed by atoms with Gasteiger partial charge in [0, 0.05) is 18.4 Å². The van der Waals surface area contributed by atoms with Gasteiger partial charge in [-0.3, -0.25) is 14.4 Å². The van der Waals surface area contributed by atoms with Gasteiger partial charge in [-0.05, 0) is 26.2 Å². The summed E-state index contributed by atoms with van der Waals surface area (Å²) in [5.41, 5.74) is 5.02. The number of rotatable bonds is 5. The minimum atomic E-state index is -0.842. The lowest BCUT2D eigenvalue weighted by atomic mass is 10.0. The molecule has 0 spiro atoms. The van der Waals surface area contributed by atoms with Gasteiger partial charge in [0.05, 0.1) is 5.92 Å². The Hall–Kier alpha value is -1.59. The first kappa shape index (κ1) is 13.5. The molecule has 1 aliphatic carbocycles. The molecule has 3 atom stereocenters. The van der Waals surface area contributed by atoms with Crippen LogP contribution in [0, 0.1) is 11.8 Å². The number of carbonyl (C=O) groups is 3. The lowest BCUT2D eigenvalue weighted by Gasteiger charge is -2.15. The van der Waals surface area contributed by atoms with Crippen LogP contribution in [0.1, 0.15) is 32.6 Å². The SMILES string of the molecule is CC(CC(N)=O)NC(=O)[C@@H]1CC[C@H](C(=O)O)C1. The molecule has 0 aliphatic heterocycles. The Morgan fingerprint density at radius 1 is 1.35 bits per heavy atom. The van der Waals surface area contributed by atoms with Crippen LogP contribution in [0.15, 0.2) is 0 Å². The van der Waals surface area contributed by atoms with E-state index in [-0.39, 0.29) is 24.3 Å². The molecule has 4 N–H and O–H groups in total. The van der Waals surface area contributed by atoms with Crippen molar-refractivity contribution in [2.45, 2.75) is 38.6 Å². The molecule has 1 aliphatic rings. The van der Waals surface area contributed by atoms with Crippen LogP contribution >= 0.6 is 0 Å². The summed E-state index contributed by atoms with van der Waals surface area (Å²) in [6, 6.07) is -0.302. The molecule has 0 aromatic heterocycles. The Morgan fingerprint density at radius 2 is 1.94 bits per heavy atom. The molecule has 17 heavy (non-hydrogen) atoms. The number of carboxylic acids is 1. The fourth-order valence-electron chi connectivity index (χ4n) is 2.16. The molecule has 1 fully saturated rings. The van der Waals surface area contributed by atoms with Crippen molar-refractivity contribution >= 4 is 17.8 Å². The van der Waals surface area contributed by atoms with Crippen LogP contribution in [0.3, 0.4) is 0 Å². The smallest absolute Gasteiger partial charge is 0.306 e. The second kappa shape index (κ2) is 5.65. The van der Waals surface area contributed by atoms with Crippen LogP contribution in [0.5, 0.6) is 0 Å². The fraction of sp³-hybridized carbons (Fsp3) is 0.727. The van der Waals surface area contributed by atoms with E-state index in [1.54, 1.807) is 6.92 Å². The van der Waals surface area contributed by atoms with Gasteiger partial charge in [0.2, 0.25) is 11.8 Å². The molecule has 6 nitrogen and oxygen atoms in total. The molecular formula is C11H18N2O4. The lowest BCUT2D eigenvalue weighted by molar-refractivity contribution is -0.141. The predicted octanol–water partition coefficient (Wildman–Crippen LogP) is -0.133. The van der Waals surface area contributed by atoms with E-state index in [0.717, 1.165) is 0 Å². The summed E-state index contributed by atoms with van der Waals surface area (Å²) in [7, 11) is 0. The van der Waals surface area contributed by atoms with Gasteiger partial charge in [-0.2, -0.15) is 0 Å². The summed E-state index contributed by atoms with van der Waals surface area (Å²) in [6.45, 7) is 1.70. The molecule has 0 heterocycles. The van der Waals surface area contributed by atoms with Gasteiger partial charge in [-0.15, -0.1) is 0 Å². The van der Waals surface area contributed by atoms with Crippen LogP contribution in [0.4, 0.5) is 0 Å². The molecule has 96 valence electrons. The van der Waals surface area contributed by atoms with Crippen LogP contribution in [0.2, 0.25) is 0 Å². The van der Waals surface area contributed by atoms with E-state index in [9.17, 15) is 14.4 Å². The number of nitrogens with two attached hydrogens (primary N) is 1. The molecule has 0 radical (unpaired) electrons. The summed E-state index contributed by atoms with van der Waals surface area (Å²) in [6.07, 6.45) is 1.61. The van der Waals surface area contributed by atoms with Crippen LogP contribution in [-0.4, -0.2) is 28.9 Å². The van der Waals surface area contributed by atoms with Gasteiger partial charge in [0.15, 0.2) is 0 Å². The first-order valence-corrected chi connectivity index (χ1v) is 5.71. The number of amides is 2. The number of primary amides is 1. The van der Waals surface area contributed by atoms with E-state index in [1.165, 1.54) is 0 Å². The largest absolute Gasteiger partial charge is 0.481 e. The maximum Gasteiger partial charge on any atom is 0.306 e. The molecule has 1 rings (SSSR count). The molecule has 1 saturated carbocycles. The molecule has 0 aromatic rings. The number of carbonyl (C=O) groups excluding carboxylic acids is 2. The minimum absolute atomic E-state index is 0.0980. The third-order valence-electron chi connectivity index (χ3n) is 3.05. The number of hydrogen-bond donors (Lipinski definition) is 3. The van der Waals surface area contributed by atoms with Gasteiger partial charge < -0.3 is 16.2 Å². The van der Waals surface area contributed by atoms with Gasteiger partial charge in [-0.25, -0.2) is 0 Å². The van der Waals surface area contributed by atoms with E-state index < -0.39 is 17.8 Å². The number of nitrogens with one attached hydrogen (secondary N) is 1. The van der Waals surface area contributed by atoms with Gasteiger partial charge in [-0.1, -0.05) is 0 Å². The van der Waals surface area contributed by atoms with Gasteiger partial charge in [0.25, 0.3) is 0 Å².